The van der Waals surface area contributed by atoms with Gasteiger partial charge in [0.25, 0.3) is 0 Å². The van der Waals surface area contributed by atoms with Crippen molar-refractivity contribution < 1.29 is 9.90 Å². The Bertz CT molecular complexity index is 393. The molecule has 1 aromatic carbocycles. The third kappa shape index (κ3) is 4.13. The fourth-order valence-corrected chi connectivity index (χ4v) is 2.11. The Morgan fingerprint density at radius 2 is 2.00 bits per heavy atom. The topological polar surface area (TPSA) is 49.3 Å². The van der Waals surface area contributed by atoms with Gasteiger partial charge in [0.05, 0.1) is 0 Å². The summed E-state index contributed by atoms with van der Waals surface area (Å²) < 4.78 is 1.00. The molecule has 0 aliphatic rings. The van der Waals surface area contributed by atoms with Crippen LogP contribution in [0.1, 0.15) is 32.4 Å². The average Bonchev–Trinajstić information content (AvgIpc) is 2.24. The summed E-state index contributed by atoms with van der Waals surface area (Å²) in [7, 11) is 0. The number of aliphatic carboxylic acids is 1. The van der Waals surface area contributed by atoms with Gasteiger partial charge in [0.2, 0.25) is 0 Å². The number of benzene rings is 1. The van der Waals surface area contributed by atoms with Crippen LogP contribution in [0, 0.1) is 5.92 Å². The quantitative estimate of drug-likeness (QED) is 0.878. The molecule has 2 N–H and O–H groups in total. The van der Waals surface area contributed by atoms with Gasteiger partial charge in [-0.1, -0.05) is 41.9 Å². The van der Waals surface area contributed by atoms with Crippen LogP contribution in [-0.4, -0.2) is 17.1 Å². The molecule has 2 atom stereocenters. The highest BCUT2D eigenvalue weighted by Gasteiger charge is 2.23. The van der Waals surface area contributed by atoms with Gasteiger partial charge < -0.3 is 5.11 Å². The summed E-state index contributed by atoms with van der Waals surface area (Å²) in [6.07, 6.45) is 0. The van der Waals surface area contributed by atoms with Gasteiger partial charge in [-0.3, -0.25) is 10.1 Å². The van der Waals surface area contributed by atoms with Crippen molar-refractivity contribution in [3.8, 4) is 0 Å². The number of nitrogens with one attached hydrogen (secondary N) is 1. The first-order chi connectivity index (χ1) is 7.91. The van der Waals surface area contributed by atoms with Gasteiger partial charge in [0.15, 0.2) is 0 Å². The normalized spacial score (nSPS) is 14.6. The van der Waals surface area contributed by atoms with E-state index < -0.39 is 12.0 Å². The first-order valence-electron chi connectivity index (χ1n) is 5.66. The van der Waals surface area contributed by atoms with Crippen molar-refractivity contribution in [1.82, 2.24) is 5.32 Å². The van der Waals surface area contributed by atoms with Crippen LogP contribution in [0.15, 0.2) is 28.7 Å². The maximum Gasteiger partial charge on any atom is 0.320 e. The van der Waals surface area contributed by atoms with Crippen LogP contribution < -0.4 is 5.32 Å². The molecule has 0 aromatic heterocycles. The molecule has 0 radical (unpaired) electrons. The van der Waals surface area contributed by atoms with Crippen LogP contribution in [0.25, 0.3) is 0 Å². The van der Waals surface area contributed by atoms with Crippen molar-refractivity contribution in [1.29, 1.82) is 0 Å². The lowest BCUT2D eigenvalue weighted by atomic mass is 10.0. The van der Waals surface area contributed by atoms with Crippen molar-refractivity contribution in [2.75, 3.05) is 0 Å². The van der Waals surface area contributed by atoms with E-state index in [0.717, 1.165) is 10.0 Å². The molecule has 94 valence electrons. The Labute approximate surface area is 110 Å². The predicted octanol–water partition coefficient (Wildman–Crippen LogP) is 3.21. The predicted molar refractivity (Wildman–Crippen MR) is 72.0 cm³/mol. The molecule has 0 heterocycles. The Kier molecular flexibility index (Phi) is 5.15. The van der Waals surface area contributed by atoms with Crippen molar-refractivity contribution in [3.63, 3.8) is 0 Å². The second-order valence-corrected chi connectivity index (χ2v) is 5.42. The molecule has 0 bridgehead atoms. The van der Waals surface area contributed by atoms with Crippen LogP contribution in [0.4, 0.5) is 0 Å². The van der Waals surface area contributed by atoms with Crippen molar-refractivity contribution in [2.45, 2.75) is 32.9 Å². The second kappa shape index (κ2) is 6.17. The highest BCUT2D eigenvalue weighted by Crippen LogP contribution is 2.19. The first kappa shape index (κ1) is 14.2. The molecule has 1 aromatic rings. The maximum atomic E-state index is 11.1. The zero-order valence-electron chi connectivity index (χ0n) is 10.3. The molecule has 17 heavy (non-hydrogen) atoms. The van der Waals surface area contributed by atoms with E-state index in [9.17, 15) is 4.79 Å². The molecule has 0 fully saturated rings. The smallest absolute Gasteiger partial charge is 0.320 e. The first-order valence-corrected chi connectivity index (χ1v) is 6.45. The SMILES string of the molecule is CC(C)C(N[C@H](C)c1cccc(Br)c1)C(=O)O. The Morgan fingerprint density at radius 1 is 1.35 bits per heavy atom. The fourth-order valence-electron chi connectivity index (χ4n) is 1.69. The summed E-state index contributed by atoms with van der Waals surface area (Å²) in [5, 5.41) is 12.3. The molecule has 0 spiro atoms. The molecule has 0 aliphatic heterocycles. The molecule has 0 saturated heterocycles. The van der Waals surface area contributed by atoms with Gasteiger partial charge in [-0.05, 0) is 30.5 Å². The number of hydrogen-bond acceptors (Lipinski definition) is 2. The molecule has 4 heteroatoms. The summed E-state index contributed by atoms with van der Waals surface area (Å²) in [5.41, 5.74) is 1.08. The van der Waals surface area contributed by atoms with Crippen LogP contribution in [0.3, 0.4) is 0 Å². The third-order valence-electron chi connectivity index (χ3n) is 2.71. The zero-order chi connectivity index (χ0) is 13.0. The van der Waals surface area contributed by atoms with Crippen LogP contribution >= 0.6 is 15.9 Å². The molecular formula is C13H18BrNO2. The summed E-state index contributed by atoms with van der Waals surface area (Å²) in [4.78, 5) is 11.1. The lowest BCUT2D eigenvalue weighted by molar-refractivity contribution is -0.140. The summed E-state index contributed by atoms with van der Waals surface area (Å²) in [6.45, 7) is 5.78. The number of halogens is 1. The standard InChI is InChI=1S/C13H18BrNO2/c1-8(2)12(13(16)17)15-9(3)10-5-4-6-11(14)7-10/h4-9,12,15H,1-3H3,(H,16,17)/t9-,12?/m1/s1. The minimum absolute atomic E-state index is 0.0102. The van der Waals surface area contributed by atoms with Gasteiger partial charge in [-0.25, -0.2) is 0 Å². The number of carbonyl (C=O) groups is 1. The van der Waals surface area contributed by atoms with E-state index in [1.807, 2.05) is 45.0 Å². The van der Waals surface area contributed by atoms with Gasteiger partial charge in [0, 0.05) is 10.5 Å². The maximum absolute atomic E-state index is 11.1. The largest absolute Gasteiger partial charge is 0.480 e. The zero-order valence-corrected chi connectivity index (χ0v) is 11.9. The molecule has 1 unspecified atom stereocenters. The minimum Gasteiger partial charge on any atom is -0.480 e. The highest BCUT2D eigenvalue weighted by atomic mass is 79.9. The lowest BCUT2D eigenvalue weighted by Gasteiger charge is -2.23. The van der Waals surface area contributed by atoms with Gasteiger partial charge in [-0.15, -0.1) is 0 Å². The molecule has 0 amide bonds. The summed E-state index contributed by atoms with van der Waals surface area (Å²) in [5.74, 6) is -0.746. The van der Waals surface area contributed by atoms with Crippen LogP contribution in [0.2, 0.25) is 0 Å². The molecule has 3 nitrogen and oxygen atoms in total. The fraction of sp³-hybridized carbons (Fsp3) is 0.462. The Balaban J connectivity index is 2.77. The van der Waals surface area contributed by atoms with E-state index in [0.29, 0.717) is 0 Å². The average molecular weight is 300 g/mol. The lowest BCUT2D eigenvalue weighted by Crippen LogP contribution is -2.42. The van der Waals surface area contributed by atoms with E-state index in [1.54, 1.807) is 0 Å². The monoisotopic (exact) mass is 299 g/mol. The number of carboxylic acids is 1. The van der Waals surface area contributed by atoms with Gasteiger partial charge >= 0.3 is 5.97 Å². The highest BCUT2D eigenvalue weighted by molar-refractivity contribution is 9.10. The number of rotatable bonds is 5. The van der Waals surface area contributed by atoms with E-state index in [-0.39, 0.29) is 12.0 Å². The minimum atomic E-state index is -0.804. The second-order valence-electron chi connectivity index (χ2n) is 4.50. The Hall–Kier alpha value is -0.870. The van der Waals surface area contributed by atoms with Crippen LogP contribution in [-0.2, 0) is 4.79 Å². The van der Waals surface area contributed by atoms with E-state index in [2.05, 4.69) is 21.2 Å². The summed E-state index contributed by atoms with van der Waals surface area (Å²) >= 11 is 3.41. The van der Waals surface area contributed by atoms with E-state index in [4.69, 9.17) is 5.11 Å². The van der Waals surface area contributed by atoms with Gasteiger partial charge in [0.1, 0.15) is 6.04 Å². The van der Waals surface area contributed by atoms with Crippen molar-refractivity contribution in [3.05, 3.63) is 34.3 Å². The van der Waals surface area contributed by atoms with E-state index >= 15 is 0 Å². The molecule has 1 rings (SSSR count). The number of hydrogen-bond donors (Lipinski definition) is 2. The molecule has 0 saturated carbocycles. The van der Waals surface area contributed by atoms with Crippen molar-refractivity contribution >= 4 is 21.9 Å². The van der Waals surface area contributed by atoms with E-state index in [1.165, 1.54) is 0 Å². The Morgan fingerprint density at radius 3 is 2.47 bits per heavy atom. The summed E-state index contributed by atoms with van der Waals surface area (Å²) in [6, 6.07) is 7.37. The number of carboxylic acid groups (broad SMARTS) is 1. The van der Waals surface area contributed by atoms with Crippen LogP contribution in [0.5, 0.6) is 0 Å². The third-order valence-corrected chi connectivity index (χ3v) is 3.20. The van der Waals surface area contributed by atoms with Crippen molar-refractivity contribution in [2.24, 2.45) is 5.92 Å². The molecular weight excluding hydrogens is 282 g/mol. The van der Waals surface area contributed by atoms with Gasteiger partial charge in [-0.2, -0.15) is 0 Å². The molecule has 0 aliphatic carbocycles.